The van der Waals surface area contributed by atoms with Gasteiger partial charge in [0, 0.05) is 7.05 Å². The van der Waals surface area contributed by atoms with Gasteiger partial charge in [0.1, 0.15) is 0 Å². The fourth-order valence-electron chi connectivity index (χ4n) is 3.67. The molecule has 0 saturated carbocycles. The summed E-state index contributed by atoms with van der Waals surface area (Å²) in [7, 11) is 1.38. The first-order valence-electron chi connectivity index (χ1n) is 11.8. The van der Waals surface area contributed by atoms with Crippen molar-refractivity contribution in [1.29, 1.82) is 0 Å². The maximum absolute atomic E-state index is 11.6. The molecule has 5 heteroatoms. The number of amides is 1. The van der Waals surface area contributed by atoms with Crippen molar-refractivity contribution < 1.29 is 20.1 Å². The van der Waals surface area contributed by atoms with Crippen molar-refractivity contribution in [2.24, 2.45) is 0 Å². The van der Waals surface area contributed by atoms with Gasteiger partial charge in [0.2, 0.25) is 0 Å². The number of unbranched alkanes of at least 4 members (excludes halogenated alkanes) is 15. The summed E-state index contributed by atoms with van der Waals surface area (Å²) in [6, 6.07) is 0. The predicted octanol–water partition coefficient (Wildman–Crippen LogP) is 4.47. The summed E-state index contributed by atoms with van der Waals surface area (Å²) < 4.78 is 0. The highest BCUT2D eigenvalue weighted by atomic mass is 16.4. The second kappa shape index (κ2) is 18.4. The fraction of sp³-hybridized carbons (Fsp3) is 0.957. The summed E-state index contributed by atoms with van der Waals surface area (Å²) in [6.07, 6.45) is 19.5. The summed E-state index contributed by atoms with van der Waals surface area (Å²) in [4.78, 5) is 11.6. The number of rotatable bonds is 20. The van der Waals surface area contributed by atoms with E-state index in [2.05, 4.69) is 12.2 Å². The second-order valence-electron chi connectivity index (χ2n) is 8.27. The summed E-state index contributed by atoms with van der Waals surface area (Å²) in [5.74, 6) is -0.737. The minimum atomic E-state index is -2.09. The first kappa shape index (κ1) is 27.4. The highest BCUT2D eigenvalue weighted by Gasteiger charge is 2.41. The lowest BCUT2D eigenvalue weighted by atomic mass is 9.92. The highest BCUT2D eigenvalue weighted by molar-refractivity contribution is 5.85. The molecule has 0 aromatic carbocycles. The van der Waals surface area contributed by atoms with Gasteiger partial charge in [0.25, 0.3) is 5.91 Å². The molecule has 0 saturated heterocycles. The van der Waals surface area contributed by atoms with Crippen LogP contribution >= 0.6 is 0 Å². The molecule has 0 heterocycles. The van der Waals surface area contributed by atoms with Gasteiger partial charge in [0.15, 0.2) is 5.60 Å². The Morgan fingerprint density at radius 3 is 1.46 bits per heavy atom. The van der Waals surface area contributed by atoms with Crippen LogP contribution in [-0.4, -0.2) is 46.6 Å². The van der Waals surface area contributed by atoms with Crippen LogP contribution in [0.25, 0.3) is 0 Å². The summed E-state index contributed by atoms with van der Waals surface area (Å²) in [6.45, 7) is 1.49. The normalized spacial score (nSPS) is 14.6. The molecular formula is C23H47NO4. The predicted molar refractivity (Wildman–Crippen MR) is 116 cm³/mol. The molecule has 1 amide bonds. The van der Waals surface area contributed by atoms with Crippen LogP contribution in [-0.2, 0) is 4.79 Å². The standard InChI is InChI=1S/C23H47NO4/c1-3-4-5-6-7-8-9-10-11-12-13-14-15-16-17-18-19-21(26)23(28,20-25)22(27)24-2/h21,25-26,28H,3-20H2,1-2H3,(H,24,27). The maximum atomic E-state index is 11.6. The van der Waals surface area contributed by atoms with Crippen LogP contribution in [0.5, 0.6) is 0 Å². The lowest BCUT2D eigenvalue weighted by molar-refractivity contribution is -0.160. The molecule has 5 nitrogen and oxygen atoms in total. The van der Waals surface area contributed by atoms with Crippen LogP contribution in [0.4, 0.5) is 0 Å². The van der Waals surface area contributed by atoms with E-state index in [1.165, 1.54) is 90.5 Å². The van der Waals surface area contributed by atoms with E-state index in [1.54, 1.807) is 0 Å². The Hall–Kier alpha value is -0.650. The lowest BCUT2D eigenvalue weighted by Crippen LogP contribution is -2.56. The molecule has 0 bridgehead atoms. The van der Waals surface area contributed by atoms with Gasteiger partial charge in [-0.2, -0.15) is 0 Å². The summed E-state index contributed by atoms with van der Waals surface area (Å²) in [5.41, 5.74) is -2.09. The van der Waals surface area contributed by atoms with Gasteiger partial charge in [-0.3, -0.25) is 4.79 Å². The Morgan fingerprint density at radius 2 is 1.14 bits per heavy atom. The van der Waals surface area contributed by atoms with Gasteiger partial charge in [-0.25, -0.2) is 0 Å². The number of nitrogens with one attached hydrogen (secondary N) is 1. The average molecular weight is 402 g/mol. The van der Waals surface area contributed by atoms with Crippen molar-refractivity contribution in [1.82, 2.24) is 5.32 Å². The Bertz CT molecular complexity index is 365. The van der Waals surface area contributed by atoms with Crippen LogP contribution in [0, 0.1) is 0 Å². The monoisotopic (exact) mass is 401 g/mol. The zero-order valence-corrected chi connectivity index (χ0v) is 18.6. The van der Waals surface area contributed by atoms with E-state index in [1.807, 2.05) is 0 Å². The number of aliphatic hydroxyl groups excluding tert-OH is 2. The second-order valence-corrected chi connectivity index (χ2v) is 8.27. The molecule has 168 valence electrons. The van der Waals surface area contributed by atoms with Crippen molar-refractivity contribution in [3.8, 4) is 0 Å². The van der Waals surface area contributed by atoms with Crippen LogP contribution in [0.15, 0.2) is 0 Å². The molecule has 4 N–H and O–H groups in total. The molecule has 2 atom stereocenters. The minimum Gasteiger partial charge on any atom is -0.393 e. The third-order valence-electron chi connectivity index (χ3n) is 5.74. The topological polar surface area (TPSA) is 89.8 Å². The summed E-state index contributed by atoms with van der Waals surface area (Å²) in [5, 5.41) is 31.6. The van der Waals surface area contributed by atoms with Gasteiger partial charge in [-0.1, -0.05) is 110 Å². The Labute approximate surface area is 173 Å². The van der Waals surface area contributed by atoms with E-state index >= 15 is 0 Å². The van der Waals surface area contributed by atoms with E-state index < -0.39 is 24.2 Å². The van der Waals surface area contributed by atoms with Crippen LogP contribution in [0.2, 0.25) is 0 Å². The first-order chi connectivity index (χ1) is 13.5. The number of hydrogen-bond acceptors (Lipinski definition) is 4. The van der Waals surface area contributed by atoms with Gasteiger partial charge in [0.05, 0.1) is 12.7 Å². The number of hydrogen-bond donors (Lipinski definition) is 4. The smallest absolute Gasteiger partial charge is 0.256 e. The van der Waals surface area contributed by atoms with Crippen molar-refractivity contribution >= 4 is 5.91 Å². The van der Waals surface area contributed by atoms with E-state index in [4.69, 9.17) is 0 Å². The zero-order valence-electron chi connectivity index (χ0n) is 18.6. The molecule has 28 heavy (non-hydrogen) atoms. The van der Waals surface area contributed by atoms with Crippen LogP contribution in [0.3, 0.4) is 0 Å². The molecule has 0 aromatic rings. The van der Waals surface area contributed by atoms with E-state index in [-0.39, 0.29) is 0 Å². The maximum Gasteiger partial charge on any atom is 0.256 e. The average Bonchev–Trinajstić information content (AvgIpc) is 2.71. The number of carbonyl (C=O) groups is 1. The lowest BCUT2D eigenvalue weighted by Gasteiger charge is -2.29. The van der Waals surface area contributed by atoms with Crippen LogP contribution in [0.1, 0.15) is 116 Å². The van der Waals surface area contributed by atoms with Crippen molar-refractivity contribution in [2.45, 2.75) is 128 Å². The molecule has 0 fully saturated rings. The van der Waals surface area contributed by atoms with E-state index in [0.29, 0.717) is 6.42 Å². The molecule has 0 radical (unpaired) electrons. The van der Waals surface area contributed by atoms with Crippen LogP contribution < -0.4 is 5.32 Å². The number of carbonyl (C=O) groups excluding carboxylic acids is 1. The molecule has 2 unspecified atom stereocenters. The minimum absolute atomic E-state index is 0.322. The molecule has 0 aliphatic heterocycles. The van der Waals surface area contributed by atoms with Gasteiger partial charge in [-0.05, 0) is 6.42 Å². The van der Waals surface area contributed by atoms with Crippen molar-refractivity contribution in [3.05, 3.63) is 0 Å². The Morgan fingerprint density at radius 1 is 0.786 bits per heavy atom. The number of likely N-dealkylation sites (N-methyl/N-ethyl adjacent to an activating group) is 1. The van der Waals surface area contributed by atoms with Gasteiger partial charge in [-0.15, -0.1) is 0 Å². The van der Waals surface area contributed by atoms with Gasteiger partial charge >= 0.3 is 0 Å². The molecular weight excluding hydrogens is 354 g/mol. The fourth-order valence-corrected chi connectivity index (χ4v) is 3.67. The third kappa shape index (κ3) is 12.7. The zero-order chi connectivity index (χ0) is 21.1. The van der Waals surface area contributed by atoms with Crippen molar-refractivity contribution in [2.75, 3.05) is 13.7 Å². The molecule has 0 aliphatic rings. The Kier molecular flexibility index (Phi) is 18.0. The van der Waals surface area contributed by atoms with Crippen molar-refractivity contribution in [3.63, 3.8) is 0 Å². The molecule has 0 aliphatic carbocycles. The highest BCUT2D eigenvalue weighted by Crippen LogP contribution is 2.18. The van der Waals surface area contributed by atoms with Gasteiger partial charge < -0.3 is 20.6 Å². The quantitative estimate of drug-likeness (QED) is 0.227. The summed E-state index contributed by atoms with van der Waals surface area (Å²) >= 11 is 0. The number of aliphatic hydroxyl groups is 3. The Balaban J connectivity index is 3.43. The first-order valence-corrected chi connectivity index (χ1v) is 11.8. The third-order valence-corrected chi connectivity index (χ3v) is 5.74. The molecule has 0 spiro atoms. The SMILES string of the molecule is CCCCCCCCCCCCCCCCCCC(O)C(O)(CO)C(=O)NC. The largest absolute Gasteiger partial charge is 0.393 e. The van der Waals surface area contributed by atoms with E-state index in [9.17, 15) is 20.1 Å². The van der Waals surface area contributed by atoms with E-state index in [0.717, 1.165) is 19.3 Å². The molecule has 0 rings (SSSR count). The molecule has 0 aromatic heterocycles.